The number of hydrogen-bond donors (Lipinski definition) is 3. The lowest BCUT2D eigenvalue weighted by molar-refractivity contribution is -0.155. The molecule has 0 spiro atoms. The molecule has 1 aromatic carbocycles. The summed E-state index contributed by atoms with van der Waals surface area (Å²) in [5.41, 5.74) is -0.632. The third-order valence-corrected chi connectivity index (χ3v) is 3.20. The fourth-order valence-corrected chi connectivity index (χ4v) is 1.95. The van der Waals surface area contributed by atoms with Crippen LogP contribution in [0.3, 0.4) is 0 Å². The SMILES string of the molecule is Cn1cc(C(=O)NCC(C)(O)C(=O)O)c2ccccc21. The Bertz CT molecular complexity index is 673. The molecule has 20 heavy (non-hydrogen) atoms. The Morgan fingerprint density at radius 3 is 2.65 bits per heavy atom. The van der Waals surface area contributed by atoms with Gasteiger partial charge in [0, 0.05) is 24.1 Å². The monoisotopic (exact) mass is 276 g/mol. The molecule has 0 aliphatic carbocycles. The summed E-state index contributed by atoms with van der Waals surface area (Å²) >= 11 is 0. The first-order valence-corrected chi connectivity index (χ1v) is 6.11. The highest BCUT2D eigenvalue weighted by atomic mass is 16.4. The van der Waals surface area contributed by atoms with Crippen molar-refractivity contribution in [1.82, 2.24) is 9.88 Å². The summed E-state index contributed by atoms with van der Waals surface area (Å²) in [7, 11) is 1.83. The number of nitrogens with one attached hydrogen (secondary N) is 1. The molecular formula is C14H16N2O4. The lowest BCUT2D eigenvalue weighted by Crippen LogP contribution is -2.46. The molecule has 1 atom stereocenters. The average molecular weight is 276 g/mol. The topological polar surface area (TPSA) is 91.6 Å². The van der Waals surface area contributed by atoms with Gasteiger partial charge in [-0.1, -0.05) is 18.2 Å². The Morgan fingerprint density at radius 2 is 2.00 bits per heavy atom. The molecule has 3 N–H and O–H groups in total. The van der Waals surface area contributed by atoms with Crippen LogP contribution in [0.2, 0.25) is 0 Å². The van der Waals surface area contributed by atoms with Crippen LogP contribution < -0.4 is 5.32 Å². The second-order valence-corrected chi connectivity index (χ2v) is 4.93. The van der Waals surface area contributed by atoms with Gasteiger partial charge in [-0.15, -0.1) is 0 Å². The van der Waals surface area contributed by atoms with Gasteiger partial charge in [-0.2, -0.15) is 0 Å². The summed E-state index contributed by atoms with van der Waals surface area (Å²) < 4.78 is 1.82. The van der Waals surface area contributed by atoms with Gasteiger partial charge >= 0.3 is 5.97 Å². The third kappa shape index (κ3) is 2.50. The van der Waals surface area contributed by atoms with Gasteiger partial charge < -0.3 is 20.1 Å². The zero-order valence-corrected chi connectivity index (χ0v) is 11.3. The van der Waals surface area contributed by atoms with Crippen molar-refractivity contribution in [3.05, 3.63) is 36.0 Å². The van der Waals surface area contributed by atoms with Crippen molar-refractivity contribution in [3.8, 4) is 0 Å². The van der Waals surface area contributed by atoms with Crippen LogP contribution in [0.15, 0.2) is 30.5 Å². The van der Waals surface area contributed by atoms with Crippen LogP contribution in [0.5, 0.6) is 0 Å². The van der Waals surface area contributed by atoms with Crippen LogP contribution in [-0.2, 0) is 11.8 Å². The number of aryl methyl sites for hydroxylation is 1. The number of nitrogens with zero attached hydrogens (tertiary/aromatic N) is 1. The minimum absolute atomic E-state index is 0.357. The third-order valence-electron chi connectivity index (χ3n) is 3.20. The van der Waals surface area contributed by atoms with Crippen molar-refractivity contribution in [2.24, 2.45) is 7.05 Å². The van der Waals surface area contributed by atoms with Gasteiger partial charge in [-0.25, -0.2) is 4.79 Å². The molecule has 2 aromatic rings. The number of carbonyl (C=O) groups is 2. The first kappa shape index (κ1) is 14.1. The summed E-state index contributed by atoms with van der Waals surface area (Å²) in [5, 5.41) is 21.6. The fraction of sp³-hybridized carbons (Fsp3) is 0.286. The molecule has 1 heterocycles. The number of rotatable bonds is 4. The van der Waals surface area contributed by atoms with Crippen LogP contribution in [0.4, 0.5) is 0 Å². The molecule has 0 saturated heterocycles. The molecule has 6 nitrogen and oxygen atoms in total. The van der Waals surface area contributed by atoms with Gasteiger partial charge in [-0.05, 0) is 13.0 Å². The van der Waals surface area contributed by atoms with Gasteiger partial charge in [0.05, 0.1) is 12.1 Å². The highest BCUT2D eigenvalue weighted by Gasteiger charge is 2.30. The quantitative estimate of drug-likeness (QED) is 0.768. The maximum absolute atomic E-state index is 12.1. The van der Waals surface area contributed by atoms with E-state index in [-0.39, 0.29) is 6.54 Å². The molecule has 1 unspecified atom stereocenters. The number of carboxylic acid groups (broad SMARTS) is 1. The molecule has 0 fully saturated rings. The molecule has 0 aliphatic rings. The number of benzene rings is 1. The van der Waals surface area contributed by atoms with Crippen LogP contribution >= 0.6 is 0 Å². The number of hydrogen-bond acceptors (Lipinski definition) is 3. The van der Waals surface area contributed by atoms with Crippen LogP contribution in [0.1, 0.15) is 17.3 Å². The van der Waals surface area contributed by atoms with E-state index < -0.39 is 17.5 Å². The number of para-hydroxylation sites is 1. The van der Waals surface area contributed by atoms with Crippen LogP contribution in [0, 0.1) is 0 Å². The van der Waals surface area contributed by atoms with Gasteiger partial charge in [0.1, 0.15) is 0 Å². The summed E-state index contributed by atoms with van der Waals surface area (Å²) in [6, 6.07) is 7.41. The van der Waals surface area contributed by atoms with Crippen LogP contribution in [0.25, 0.3) is 10.9 Å². The minimum atomic E-state index is -1.99. The Morgan fingerprint density at radius 1 is 1.35 bits per heavy atom. The van der Waals surface area contributed by atoms with Crippen molar-refractivity contribution in [3.63, 3.8) is 0 Å². The zero-order valence-electron chi connectivity index (χ0n) is 11.3. The van der Waals surface area contributed by atoms with Gasteiger partial charge in [-0.3, -0.25) is 4.79 Å². The predicted molar refractivity (Wildman–Crippen MR) is 73.5 cm³/mol. The fourth-order valence-electron chi connectivity index (χ4n) is 1.95. The molecular weight excluding hydrogens is 260 g/mol. The van der Waals surface area contributed by atoms with Gasteiger partial charge in [0.25, 0.3) is 5.91 Å². The van der Waals surface area contributed by atoms with Crippen molar-refractivity contribution in [2.45, 2.75) is 12.5 Å². The smallest absolute Gasteiger partial charge is 0.337 e. The van der Waals surface area contributed by atoms with E-state index in [2.05, 4.69) is 5.32 Å². The molecule has 0 saturated carbocycles. The van der Waals surface area contributed by atoms with Gasteiger partial charge in [0.2, 0.25) is 0 Å². The van der Waals surface area contributed by atoms with Crippen LogP contribution in [-0.4, -0.2) is 38.8 Å². The maximum Gasteiger partial charge on any atom is 0.337 e. The van der Waals surface area contributed by atoms with E-state index in [0.717, 1.165) is 17.8 Å². The molecule has 0 bridgehead atoms. The van der Waals surface area contributed by atoms with E-state index in [1.165, 1.54) is 0 Å². The highest BCUT2D eigenvalue weighted by molar-refractivity contribution is 6.07. The predicted octanol–water partition coefficient (Wildman–Crippen LogP) is 0.744. The summed E-state index contributed by atoms with van der Waals surface area (Å²) in [6.07, 6.45) is 1.68. The second-order valence-electron chi connectivity index (χ2n) is 4.93. The van der Waals surface area contributed by atoms with Gasteiger partial charge in [0.15, 0.2) is 5.60 Å². The molecule has 106 valence electrons. The Balaban J connectivity index is 2.23. The molecule has 2 rings (SSSR count). The van der Waals surface area contributed by atoms with Crippen molar-refractivity contribution < 1.29 is 19.8 Å². The average Bonchev–Trinajstić information content (AvgIpc) is 2.74. The molecule has 1 aromatic heterocycles. The highest BCUT2D eigenvalue weighted by Crippen LogP contribution is 2.20. The lowest BCUT2D eigenvalue weighted by Gasteiger charge is -2.18. The van der Waals surface area contributed by atoms with Crippen molar-refractivity contribution >= 4 is 22.8 Å². The number of aromatic nitrogens is 1. The number of carbonyl (C=O) groups excluding carboxylic acids is 1. The molecule has 0 radical (unpaired) electrons. The molecule has 6 heteroatoms. The zero-order chi connectivity index (χ0) is 14.9. The number of aliphatic carboxylic acids is 1. The Kier molecular flexibility index (Phi) is 3.50. The number of fused-ring (bicyclic) bond motifs is 1. The molecule has 1 amide bonds. The Hall–Kier alpha value is -2.34. The van der Waals surface area contributed by atoms with E-state index in [1.54, 1.807) is 6.20 Å². The summed E-state index contributed by atoms with van der Waals surface area (Å²) in [6.45, 7) is 0.781. The van der Waals surface area contributed by atoms with E-state index in [9.17, 15) is 14.7 Å². The second kappa shape index (κ2) is 4.97. The number of amides is 1. The van der Waals surface area contributed by atoms with Crippen molar-refractivity contribution in [1.29, 1.82) is 0 Å². The normalized spacial score (nSPS) is 13.9. The summed E-state index contributed by atoms with van der Waals surface area (Å²) in [5.74, 6) is -1.79. The van der Waals surface area contributed by atoms with E-state index in [0.29, 0.717) is 5.56 Å². The van der Waals surface area contributed by atoms with Crippen molar-refractivity contribution in [2.75, 3.05) is 6.54 Å². The van der Waals surface area contributed by atoms with E-state index >= 15 is 0 Å². The first-order chi connectivity index (χ1) is 9.33. The minimum Gasteiger partial charge on any atom is -0.479 e. The Labute approximate surface area is 115 Å². The molecule has 0 aliphatic heterocycles. The number of aliphatic hydroxyl groups is 1. The lowest BCUT2D eigenvalue weighted by atomic mass is 10.1. The largest absolute Gasteiger partial charge is 0.479 e. The summed E-state index contributed by atoms with van der Waals surface area (Å²) in [4.78, 5) is 22.9. The standard InChI is InChI=1S/C14H16N2O4/c1-14(20,13(18)19)8-15-12(17)10-7-16(2)11-6-4-3-5-9(10)11/h3-7,20H,8H2,1-2H3,(H,15,17)(H,18,19). The van der Waals surface area contributed by atoms with E-state index in [4.69, 9.17) is 5.11 Å². The maximum atomic E-state index is 12.1. The van der Waals surface area contributed by atoms with E-state index in [1.807, 2.05) is 35.9 Å². The number of carboxylic acids is 1. The first-order valence-electron chi connectivity index (χ1n) is 6.11.